The molecule has 4 aromatic carbocycles. The summed E-state index contributed by atoms with van der Waals surface area (Å²) in [5, 5.41) is 5.76. The van der Waals surface area contributed by atoms with Crippen molar-refractivity contribution in [2.45, 2.75) is 4.90 Å². The van der Waals surface area contributed by atoms with Crippen LogP contribution in [-0.4, -0.2) is 18.4 Å². The molecule has 0 aliphatic carbocycles. The number of benzene rings is 4. The average molecular weight is 476 g/mol. The molecule has 0 spiro atoms. The first-order valence-corrected chi connectivity index (χ1v) is 12.0. The van der Waals surface area contributed by atoms with E-state index in [0.29, 0.717) is 21.8 Å². The number of nitrogens with two attached hydrogens (primary N) is 1. The molecule has 0 fully saturated rings. The fourth-order valence-corrected chi connectivity index (χ4v) is 4.40. The lowest BCUT2D eigenvalue weighted by molar-refractivity contribution is 0.448. The normalized spacial score (nSPS) is 11.6. The van der Waals surface area contributed by atoms with Crippen molar-refractivity contribution in [2.24, 2.45) is 5.14 Å². The number of aromatic amines is 1. The number of primary sulfonamides is 1. The van der Waals surface area contributed by atoms with Crippen molar-refractivity contribution in [1.82, 2.24) is 9.97 Å². The van der Waals surface area contributed by atoms with Gasteiger partial charge in [-0.05, 0) is 41.0 Å². The van der Waals surface area contributed by atoms with Crippen molar-refractivity contribution in [3.63, 3.8) is 0 Å². The van der Waals surface area contributed by atoms with Gasteiger partial charge in [0.2, 0.25) is 10.0 Å². The van der Waals surface area contributed by atoms with Gasteiger partial charge in [-0.25, -0.2) is 13.6 Å². The van der Waals surface area contributed by atoms with Crippen LogP contribution in [0.25, 0.3) is 33.3 Å². The van der Waals surface area contributed by atoms with E-state index in [4.69, 9.17) is 21.5 Å². The van der Waals surface area contributed by atoms with Crippen molar-refractivity contribution < 1.29 is 13.2 Å². The van der Waals surface area contributed by atoms with Gasteiger partial charge in [-0.2, -0.15) is 4.98 Å². The Morgan fingerprint density at radius 1 is 0.818 bits per heavy atom. The Hall–Kier alpha value is -3.65. The molecule has 0 atom stereocenters. The van der Waals surface area contributed by atoms with Gasteiger partial charge in [-0.3, -0.25) is 0 Å². The lowest BCUT2D eigenvalue weighted by Gasteiger charge is -2.07. The maximum atomic E-state index is 11.6. The Morgan fingerprint density at radius 3 is 2.24 bits per heavy atom. The number of hydrogen-bond donors (Lipinski definition) is 2. The summed E-state index contributed by atoms with van der Waals surface area (Å²) in [7, 11) is -3.83. The summed E-state index contributed by atoms with van der Waals surface area (Å²) in [6.07, 6.45) is 0. The van der Waals surface area contributed by atoms with Gasteiger partial charge < -0.3 is 9.72 Å². The van der Waals surface area contributed by atoms with Crippen LogP contribution in [0.1, 0.15) is 0 Å². The van der Waals surface area contributed by atoms with Gasteiger partial charge in [-0.15, -0.1) is 0 Å². The number of imidazole rings is 1. The molecule has 0 unspecified atom stereocenters. The summed E-state index contributed by atoms with van der Waals surface area (Å²) in [5.74, 6) is 0.295. The first-order valence-electron chi connectivity index (χ1n) is 10.0. The van der Waals surface area contributed by atoms with Crippen LogP contribution in [-0.2, 0) is 10.0 Å². The maximum absolute atomic E-state index is 11.6. The highest BCUT2D eigenvalue weighted by Crippen LogP contribution is 2.34. The highest BCUT2D eigenvalue weighted by atomic mass is 35.5. The van der Waals surface area contributed by atoms with E-state index < -0.39 is 10.0 Å². The second kappa shape index (κ2) is 8.37. The fourth-order valence-electron chi connectivity index (χ4n) is 3.58. The number of nitrogens with zero attached hydrogens (tertiary/aromatic N) is 1. The zero-order chi connectivity index (χ0) is 23.0. The minimum atomic E-state index is -3.83. The monoisotopic (exact) mass is 475 g/mol. The molecule has 1 aromatic heterocycles. The second-order valence-corrected chi connectivity index (χ2v) is 9.43. The smallest absolute Gasteiger partial charge is 0.300 e. The number of halogens is 1. The first-order chi connectivity index (χ1) is 15.9. The molecular weight excluding hydrogens is 458 g/mol. The minimum Gasteiger partial charge on any atom is -0.426 e. The largest absolute Gasteiger partial charge is 0.426 e. The van der Waals surface area contributed by atoms with E-state index in [1.54, 1.807) is 18.2 Å². The lowest BCUT2D eigenvalue weighted by atomic mass is 10.00. The van der Waals surface area contributed by atoms with E-state index in [0.717, 1.165) is 22.3 Å². The van der Waals surface area contributed by atoms with Gasteiger partial charge in [0.05, 0.1) is 21.0 Å². The van der Waals surface area contributed by atoms with Crippen LogP contribution in [0.5, 0.6) is 11.8 Å². The Kier molecular flexibility index (Phi) is 5.38. The van der Waals surface area contributed by atoms with Crippen LogP contribution in [0.2, 0.25) is 5.02 Å². The van der Waals surface area contributed by atoms with E-state index >= 15 is 0 Å². The number of ether oxygens (including phenoxy) is 1. The fraction of sp³-hybridized carbons (Fsp3) is 0. The number of nitrogens with one attached hydrogen (secondary N) is 1. The predicted octanol–water partition coefficient (Wildman–Crippen LogP) is 5.99. The van der Waals surface area contributed by atoms with E-state index in [9.17, 15) is 8.42 Å². The van der Waals surface area contributed by atoms with Gasteiger partial charge >= 0.3 is 0 Å². The van der Waals surface area contributed by atoms with Gasteiger partial charge in [0.15, 0.2) is 0 Å². The SMILES string of the molecule is NS(=O)(=O)c1cccc(Oc2nc3cc(-c4ccc(-c5ccccc5)cc4)c(Cl)cc3[nH]2)c1. The Labute approximate surface area is 195 Å². The Morgan fingerprint density at radius 2 is 1.52 bits per heavy atom. The standard InChI is InChI=1S/C25H18ClN3O3S/c26-22-15-24-23(28-25(29-24)32-19-7-4-8-20(13-19)33(27,30)31)14-21(22)18-11-9-17(10-12-18)16-5-2-1-3-6-16/h1-15H,(H,28,29)(H2,27,30,31). The summed E-state index contributed by atoms with van der Waals surface area (Å²) in [5.41, 5.74) is 5.44. The summed E-state index contributed by atoms with van der Waals surface area (Å²) >= 11 is 6.57. The molecule has 8 heteroatoms. The Balaban J connectivity index is 1.45. The third kappa shape index (κ3) is 4.47. The topological polar surface area (TPSA) is 98.1 Å². The van der Waals surface area contributed by atoms with Crippen molar-refractivity contribution in [3.8, 4) is 34.0 Å². The summed E-state index contributed by atoms with van der Waals surface area (Å²) in [6.45, 7) is 0. The van der Waals surface area contributed by atoms with Crippen LogP contribution < -0.4 is 9.88 Å². The van der Waals surface area contributed by atoms with Crippen molar-refractivity contribution >= 4 is 32.7 Å². The predicted molar refractivity (Wildman–Crippen MR) is 130 cm³/mol. The number of H-pyrrole nitrogens is 1. The molecule has 0 saturated carbocycles. The van der Waals surface area contributed by atoms with E-state index in [-0.39, 0.29) is 10.9 Å². The molecular formula is C25H18ClN3O3S. The molecule has 0 aliphatic heterocycles. The number of fused-ring (bicyclic) bond motifs is 1. The molecule has 33 heavy (non-hydrogen) atoms. The van der Waals surface area contributed by atoms with Gasteiger partial charge in [0.25, 0.3) is 6.01 Å². The molecule has 3 N–H and O–H groups in total. The van der Waals surface area contributed by atoms with Crippen molar-refractivity contribution in [3.05, 3.63) is 96.0 Å². The molecule has 0 bridgehead atoms. The maximum Gasteiger partial charge on any atom is 0.300 e. The molecule has 6 nitrogen and oxygen atoms in total. The summed E-state index contributed by atoms with van der Waals surface area (Å²) in [6, 6.07) is 28.1. The first kappa shape index (κ1) is 21.2. The van der Waals surface area contributed by atoms with Crippen LogP contribution >= 0.6 is 11.6 Å². The van der Waals surface area contributed by atoms with E-state index in [1.165, 1.54) is 12.1 Å². The third-order valence-corrected chi connectivity index (χ3v) is 6.42. The van der Waals surface area contributed by atoms with E-state index in [2.05, 4.69) is 34.2 Å². The third-order valence-electron chi connectivity index (χ3n) is 5.20. The van der Waals surface area contributed by atoms with Crippen LogP contribution in [0.4, 0.5) is 0 Å². The molecule has 0 aliphatic rings. The summed E-state index contributed by atoms with van der Waals surface area (Å²) < 4.78 is 28.9. The number of sulfonamides is 1. The molecule has 0 saturated heterocycles. The van der Waals surface area contributed by atoms with Crippen LogP contribution in [0, 0.1) is 0 Å². The minimum absolute atomic E-state index is 0.0413. The zero-order valence-electron chi connectivity index (χ0n) is 17.2. The van der Waals surface area contributed by atoms with Crippen LogP contribution in [0.15, 0.2) is 95.9 Å². The van der Waals surface area contributed by atoms with Gasteiger partial charge in [0.1, 0.15) is 5.75 Å². The number of hydrogen-bond acceptors (Lipinski definition) is 4. The quantitative estimate of drug-likeness (QED) is 0.326. The molecule has 0 amide bonds. The highest BCUT2D eigenvalue weighted by Gasteiger charge is 2.13. The number of rotatable bonds is 5. The highest BCUT2D eigenvalue weighted by molar-refractivity contribution is 7.89. The van der Waals surface area contributed by atoms with Gasteiger partial charge in [0, 0.05) is 11.6 Å². The second-order valence-electron chi connectivity index (χ2n) is 7.46. The zero-order valence-corrected chi connectivity index (χ0v) is 18.8. The molecule has 0 radical (unpaired) electrons. The average Bonchev–Trinajstić information content (AvgIpc) is 3.20. The van der Waals surface area contributed by atoms with Crippen LogP contribution in [0.3, 0.4) is 0 Å². The Bertz CT molecular complexity index is 1560. The molecule has 5 rings (SSSR count). The molecule has 164 valence electrons. The van der Waals surface area contributed by atoms with Crippen molar-refractivity contribution in [2.75, 3.05) is 0 Å². The number of aromatic nitrogens is 2. The molecule has 5 aromatic rings. The van der Waals surface area contributed by atoms with E-state index in [1.807, 2.05) is 36.4 Å². The lowest BCUT2D eigenvalue weighted by Crippen LogP contribution is -2.11. The van der Waals surface area contributed by atoms with Crippen molar-refractivity contribution in [1.29, 1.82) is 0 Å². The molecule has 1 heterocycles. The van der Waals surface area contributed by atoms with Gasteiger partial charge in [-0.1, -0.05) is 72.3 Å². The summed E-state index contributed by atoms with van der Waals surface area (Å²) in [4.78, 5) is 7.49.